The summed E-state index contributed by atoms with van der Waals surface area (Å²) in [6.45, 7) is 15.6. The van der Waals surface area contributed by atoms with Crippen LogP contribution in [0, 0.1) is 0 Å². The highest BCUT2D eigenvalue weighted by Crippen LogP contribution is 2.30. The third-order valence-corrected chi connectivity index (χ3v) is 7.36. The SMILES string of the molecule is CC(C)=Cc1ccc2nn(COCC[Si](C)(C)C)c(-c3cc(N4CCOCC4)ncn3)c2c1. The number of hydrogen-bond donors (Lipinski definition) is 0. The minimum absolute atomic E-state index is 0.406. The molecule has 0 bridgehead atoms. The molecule has 1 aliphatic heterocycles. The molecule has 0 spiro atoms. The highest BCUT2D eigenvalue weighted by atomic mass is 28.3. The monoisotopic (exact) mass is 465 g/mol. The minimum Gasteiger partial charge on any atom is -0.378 e. The number of morpholine rings is 1. The van der Waals surface area contributed by atoms with Crippen LogP contribution in [0.5, 0.6) is 0 Å². The third kappa shape index (κ3) is 6.07. The number of hydrogen-bond acceptors (Lipinski definition) is 6. The van der Waals surface area contributed by atoms with Gasteiger partial charge < -0.3 is 14.4 Å². The number of ether oxygens (including phenoxy) is 2. The van der Waals surface area contributed by atoms with E-state index in [-0.39, 0.29) is 0 Å². The Morgan fingerprint density at radius 1 is 1.12 bits per heavy atom. The average Bonchev–Trinajstić information content (AvgIpc) is 3.14. The van der Waals surface area contributed by atoms with E-state index in [0.717, 1.165) is 72.6 Å². The highest BCUT2D eigenvalue weighted by molar-refractivity contribution is 6.76. The normalized spacial score (nSPS) is 14.6. The zero-order valence-electron chi connectivity index (χ0n) is 20.5. The topological polar surface area (TPSA) is 65.3 Å². The van der Waals surface area contributed by atoms with Gasteiger partial charge in [0.05, 0.1) is 30.1 Å². The molecule has 7 nitrogen and oxygen atoms in total. The molecular weight excluding hydrogens is 430 g/mol. The number of rotatable bonds is 8. The van der Waals surface area contributed by atoms with Crippen LogP contribution in [0.1, 0.15) is 19.4 Å². The highest BCUT2D eigenvalue weighted by Gasteiger charge is 2.19. The standard InChI is InChI=1S/C25H35N5O2Si/c1-19(2)14-20-6-7-22-21(15-20)25(30(28-22)18-32-12-13-33(3,4)5)23-16-24(27-17-26-23)29-8-10-31-11-9-29/h6-7,14-17H,8-13,18H2,1-5H3. The second kappa shape index (κ2) is 10.2. The van der Waals surface area contributed by atoms with Crippen molar-refractivity contribution in [2.24, 2.45) is 0 Å². The van der Waals surface area contributed by atoms with Crippen molar-refractivity contribution in [3.8, 4) is 11.4 Å². The quantitative estimate of drug-likeness (QED) is 0.342. The van der Waals surface area contributed by atoms with Crippen molar-refractivity contribution < 1.29 is 9.47 Å². The van der Waals surface area contributed by atoms with E-state index in [1.165, 1.54) is 5.57 Å². The van der Waals surface area contributed by atoms with Gasteiger partial charge in [0.1, 0.15) is 18.9 Å². The number of allylic oxidation sites excluding steroid dienone is 1. The van der Waals surface area contributed by atoms with Crippen LogP contribution in [0.25, 0.3) is 28.4 Å². The lowest BCUT2D eigenvalue weighted by molar-refractivity contribution is 0.0802. The molecular formula is C25H35N5O2Si. The Labute approximate surface area is 197 Å². The lowest BCUT2D eigenvalue weighted by Crippen LogP contribution is -2.36. The summed E-state index contributed by atoms with van der Waals surface area (Å²) in [6, 6.07) is 9.58. The Kier molecular flexibility index (Phi) is 7.26. The summed E-state index contributed by atoms with van der Waals surface area (Å²) in [6.07, 6.45) is 3.83. The van der Waals surface area contributed by atoms with Gasteiger partial charge >= 0.3 is 0 Å². The average molecular weight is 466 g/mol. The first kappa shape index (κ1) is 23.6. The molecule has 4 rings (SSSR count). The molecule has 33 heavy (non-hydrogen) atoms. The maximum Gasteiger partial charge on any atom is 0.140 e. The van der Waals surface area contributed by atoms with Crippen LogP contribution in [-0.4, -0.2) is 60.7 Å². The van der Waals surface area contributed by atoms with Crippen LogP contribution >= 0.6 is 0 Å². The molecule has 8 heteroatoms. The predicted molar refractivity (Wildman–Crippen MR) is 137 cm³/mol. The molecule has 0 amide bonds. The van der Waals surface area contributed by atoms with Gasteiger partial charge in [-0.25, -0.2) is 14.6 Å². The van der Waals surface area contributed by atoms with Crippen molar-refractivity contribution in [1.82, 2.24) is 19.7 Å². The van der Waals surface area contributed by atoms with E-state index in [1.54, 1.807) is 6.33 Å². The van der Waals surface area contributed by atoms with Gasteiger partial charge in [0.15, 0.2) is 0 Å². The summed E-state index contributed by atoms with van der Waals surface area (Å²) in [5, 5.41) is 5.95. The fraction of sp³-hybridized carbons (Fsp3) is 0.480. The first-order chi connectivity index (χ1) is 15.8. The maximum atomic E-state index is 6.08. The Bertz CT molecular complexity index is 1130. The van der Waals surface area contributed by atoms with Gasteiger partial charge in [-0.1, -0.05) is 37.4 Å². The summed E-state index contributed by atoms with van der Waals surface area (Å²) in [5.74, 6) is 0.921. The predicted octanol–water partition coefficient (Wildman–Crippen LogP) is 5.07. The molecule has 0 unspecified atom stereocenters. The van der Waals surface area contributed by atoms with Crippen LogP contribution in [-0.2, 0) is 16.2 Å². The second-order valence-electron chi connectivity index (χ2n) is 10.1. The second-order valence-corrected chi connectivity index (χ2v) is 15.7. The van der Waals surface area contributed by atoms with Crippen molar-refractivity contribution in [1.29, 1.82) is 0 Å². The maximum absolute atomic E-state index is 6.08. The fourth-order valence-electron chi connectivity index (χ4n) is 3.91. The van der Waals surface area contributed by atoms with Gasteiger partial charge in [-0.05, 0) is 37.6 Å². The smallest absolute Gasteiger partial charge is 0.140 e. The molecule has 0 atom stereocenters. The summed E-state index contributed by atoms with van der Waals surface area (Å²) >= 11 is 0. The van der Waals surface area contributed by atoms with Gasteiger partial charge in [-0.3, -0.25) is 0 Å². The molecule has 0 N–H and O–H groups in total. The molecule has 1 saturated heterocycles. The largest absolute Gasteiger partial charge is 0.378 e. The zero-order valence-corrected chi connectivity index (χ0v) is 21.5. The van der Waals surface area contributed by atoms with E-state index in [4.69, 9.17) is 14.6 Å². The van der Waals surface area contributed by atoms with E-state index in [0.29, 0.717) is 6.73 Å². The van der Waals surface area contributed by atoms with E-state index in [1.807, 2.05) is 4.68 Å². The molecule has 1 aliphatic rings. The molecule has 0 aliphatic carbocycles. The fourth-order valence-corrected chi connectivity index (χ4v) is 4.66. The number of benzene rings is 1. The lowest BCUT2D eigenvalue weighted by Gasteiger charge is -2.27. The van der Waals surface area contributed by atoms with Crippen molar-refractivity contribution in [2.75, 3.05) is 37.8 Å². The lowest BCUT2D eigenvalue weighted by atomic mass is 10.1. The third-order valence-electron chi connectivity index (χ3n) is 5.66. The Morgan fingerprint density at radius 2 is 1.91 bits per heavy atom. The minimum atomic E-state index is -1.15. The van der Waals surface area contributed by atoms with Crippen molar-refractivity contribution in [3.63, 3.8) is 0 Å². The molecule has 0 saturated carbocycles. The number of aromatic nitrogens is 4. The van der Waals surface area contributed by atoms with E-state index >= 15 is 0 Å². The van der Waals surface area contributed by atoms with Crippen molar-refractivity contribution in [3.05, 3.63) is 41.7 Å². The van der Waals surface area contributed by atoms with Crippen LogP contribution in [0.15, 0.2) is 36.2 Å². The molecule has 176 valence electrons. The van der Waals surface area contributed by atoms with Gasteiger partial charge in [0.2, 0.25) is 0 Å². The molecule has 1 fully saturated rings. The van der Waals surface area contributed by atoms with Gasteiger partial charge in [-0.15, -0.1) is 0 Å². The number of fused-ring (bicyclic) bond motifs is 1. The Balaban J connectivity index is 1.72. The zero-order chi connectivity index (χ0) is 23.4. The van der Waals surface area contributed by atoms with Crippen molar-refractivity contribution in [2.45, 2.75) is 46.3 Å². The molecule has 2 aromatic heterocycles. The van der Waals surface area contributed by atoms with Crippen LogP contribution in [0.4, 0.5) is 5.82 Å². The summed E-state index contributed by atoms with van der Waals surface area (Å²) in [5.41, 5.74) is 5.19. The Morgan fingerprint density at radius 3 is 2.64 bits per heavy atom. The molecule has 3 aromatic rings. The summed E-state index contributed by atoms with van der Waals surface area (Å²) in [7, 11) is -1.15. The first-order valence-electron chi connectivity index (χ1n) is 11.7. The van der Waals surface area contributed by atoms with Gasteiger partial charge in [0.25, 0.3) is 0 Å². The molecule has 3 heterocycles. The summed E-state index contributed by atoms with van der Waals surface area (Å²) in [4.78, 5) is 11.4. The summed E-state index contributed by atoms with van der Waals surface area (Å²) < 4.78 is 13.5. The molecule has 1 aromatic carbocycles. The van der Waals surface area contributed by atoms with Crippen molar-refractivity contribution >= 4 is 30.9 Å². The van der Waals surface area contributed by atoms with Crippen LogP contribution in [0.3, 0.4) is 0 Å². The number of nitrogens with zero attached hydrogens (tertiary/aromatic N) is 5. The van der Waals surface area contributed by atoms with Gasteiger partial charge in [0, 0.05) is 39.2 Å². The van der Waals surface area contributed by atoms with Crippen LogP contribution < -0.4 is 4.90 Å². The van der Waals surface area contributed by atoms with E-state index in [2.05, 4.69) is 78.7 Å². The Hall–Kier alpha value is -2.55. The van der Waals surface area contributed by atoms with Gasteiger partial charge in [-0.2, -0.15) is 5.10 Å². The number of anilines is 1. The molecule has 0 radical (unpaired) electrons. The van der Waals surface area contributed by atoms with E-state index in [9.17, 15) is 0 Å². The van der Waals surface area contributed by atoms with Crippen LogP contribution in [0.2, 0.25) is 25.7 Å². The van der Waals surface area contributed by atoms with E-state index < -0.39 is 8.07 Å². The first-order valence-corrected chi connectivity index (χ1v) is 15.4.